The Kier molecular flexibility index (Phi) is 7.39. The van der Waals surface area contributed by atoms with Crippen molar-refractivity contribution in [3.63, 3.8) is 0 Å². The van der Waals surface area contributed by atoms with Gasteiger partial charge in [-0.3, -0.25) is 4.79 Å². The van der Waals surface area contributed by atoms with Crippen LogP contribution in [-0.2, 0) is 4.79 Å². The smallest absolute Gasteiger partial charge is 0.224 e. The second-order valence-electron chi connectivity index (χ2n) is 4.44. The highest BCUT2D eigenvalue weighted by Gasteiger charge is 2.17. The highest BCUT2D eigenvalue weighted by molar-refractivity contribution is 5.76. The number of hydrogen-bond donors (Lipinski definition) is 1. The zero-order valence-electron chi connectivity index (χ0n) is 10.6. The number of unbranched alkanes of at least 4 members (excludes halogenated alkanes) is 1. The number of carbonyl (C=O) groups is 1. The second kappa shape index (κ2) is 7.69. The summed E-state index contributed by atoms with van der Waals surface area (Å²) in [7, 11) is 0. The van der Waals surface area contributed by atoms with E-state index in [4.69, 9.17) is 5.73 Å². The van der Waals surface area contributed by atoms with Gasteiger partial charge in [0.1, 0.15) is 0 Å². The molecule has 0 aliphatic heterocycles. The van der Waals surface area contributed by atoms with Gasteiger partial charge in [-0.05, 0) is 19.3 Å². The van der Waals surface area contributed by atoms with Crippen LogP contribution in [-0.4, -0.2) is 29.9 Å². The van der Waals surface area contributed by atoms with E-state index < -0.39 is 0 Å². The molecule has 0 fully saturated rings. The van der Waals surface area contributed by atoms with E-state index in [0.717, 1.165) is 25.9 Å². The zero-order valence-corrected chi connectivity index (χ0v) is 10.6. The first kappa shape index (κ1) is 14.4. The highest BCUT2D eigenvalue weighted by atomic mass is 16.2. The molecular weight excluding hydrogens is 188 g/mol. The molecule has 1 amide bonds. The maximum Gasteiger partial charge on any atom is 0.224 e. The topological polar surface area (TPSA) is 46.3 Å². The standard InChI is InChI=1S/C12H26N2O/c1-5-7-8-14(6-2)12(15)9-11(13)10(3)4/h10-11H,5-9,13H2,1-4H3. The van der Waals surface area contributed by atoms with E-state index in [2.05, 4.69) is 20.8 Å². The van der Waals surface area contributed by atoms with Crippen LogP contribution in [0.4, 0.5) is 0 Å². The highest BCUT2D eigenvalue weighted by Crippen LogP contribution is 2.06. The number of amides is 1. The van der Waals surface area contributed by atoms with E-state index in [1.807, 2.05) is 11.8 Å². The Bertz CT molecular complexity index is 180. The Labute approximate surface area is 94.0 Å². The number of hydrogen-bond acceptors (Lipinski definition) is 2. The summed E-state index contributed by atoms with van der Waals surface area (Å²) in [6, 6.07) is -0.00632. The molecular formula is C12H26N2O. The van der Waals surface area contributed by atoms with Gasteiger partial charge in [0.05, 0.1) is 0 Å². The Morgan fingerprint density at radius 3 is 2.33 bits per heavy atom. The molecule has 0 aromatic carbocycles. The molecule has 0 saturated heterocycles. The molecule has 90 valence electrons. The van der Waals surface area contributed by atoms with Crippen molar-refractivity contribution >= 4 is 5.91 Å². The Hall–Kier alpha value is -0.570. The van der Waals surface area contributed by atoms with Crippen molar-refractivity contribution < 1.29 is 4.79 Å². The van der Waals surface area contributed by atoms with Crippen LogP contribution in [0, 0.1) is 5.92 Å². The molecule has 3 heteroatoms. The molecule has 0 saturated carbocycles. The molecule has 0 aliphatic rings. The third kappa shape index (κ3) is 5.78. The van der Waals surface area contributed by atoms with Crippen LogP contribution in [0.2, 0.25) is 0 Å². The van der Waals surface area contributed by atoms with Crippen molar-refractivity contribution in [1.29, 1.82) is 0 Å². The molecule has 0 spiro atoms. The van der Waals surface area contributed by atoms with Gasteiger partial charge >= 0.3 is 0 Å². The monoisotopic (exact) mass is 214 g/mol. The van der Waals surface area contributed by atoms with Crippen LogP contribution in [0.5, 0.6) is 0 Å². The lowest BCUT2D eigenvalue weighted by molar-refractivity contribution is -0.131. The molecule has 3 nitrogen and oxygen atoms in total. The average Bonchev–Trinajstić information content (AvgIpc) is 2.18. The van der Waals surface area contributed by atoms with E-state index in [0.29, 0.717) is 12.3 Å². The lowest BCUT2D eigenvalue weighted by Gasteiger charge is -2.23. The molecule has 0 aliphatic carbocycles. The second-order valence-corrected chi connectivity index (χ2v) is 4.44. The molecule has 0 radical (unpaired) electrons. The Morgan fingerprint density at radius 2 is 1.93 bits per heavy atom. The summed E-state index contributed by atoms with van der Waals surface area (Å²) in [6.45, 7) is 9.94. The maximum atomic E-state index is 11.8. The van der Waals surface area contributed by atoms with Crippen LogP contribution in [0.25, 0.3) is 0 Å². The number of nitrogens with zero attached hydrogens (tertiary/aromatic N) is 1. The van der Waals surface area contributed by atoms with Gasteiger partial charge in [-0.25, -0.2) is 0 Å². The van der Waals surface area contributed by atoms with E-state index >= 15 is 0 Å². The predicted molar refractivity (Wildman–Crippen MR) is 64.6 cm³/mol. The summed E-state index contributed by atoms with van der Waals surface area (Å²) in [5.74, 6) is 0.575. The summed E-state index contributed by atoms with van der Waals surface area (Å²) >= 11 is 0. The summed E-state index contributed by atoms with van der Waals surface area (Å²) in [5.41, 5.74) is 5.89. The average molecular weight is 214 g/mol. The van der Waals surface area contributed by atoms with Gasteiger partial charge in [0.15, 0.2) is 0 Å². The SMILES string of the molecule is CCCCN(CC)C(=O)CC(N)C(C)C. The fourth-order valence-corrected chi connectivity index (χ4v) is 1.37. The van der Waals surface area contributed by atoms with E-state index in [-0.39, 0.29) is 11.9 Å². The molecule has 0 aromatic rings. The van der Waals surface area contributed by atoms with Crippen LogP contribution >= 0.6 is 0 Å². The minimum absolute atomic E-state index is 0.00632. The first-order valence-electron chi connectivity index (χ1n) is 6.06. The Morgan fingerprint density at radius 1 is 1.33 bits per heavy atom. The summed E-state index contributed by atoms with van der Waals surface area (Å²) in [6.07, 6.45) is 2.69. The van der Waals surface area contributed by atoms with E-state index in [1.54, 1.807) is 0 Å². The van der Waals surface area contributed by atoms with Crippen molar-refractivity contribution in [2.24, 2.45) is 11.7 Å². The first-order chi connectivity index (χ1) is 7.02. The normalized spacial score (nSPS) is 12.9. The Balaban J connectivity index is 4.03. The number of nitrogens with two attached hydrogens (primary N) is 1. The molecule has 0 rings (SSSR count). The van der Waals surface area contributed by atoms with Crippen LogP contribution in [0.3, 0.4) is 0 Å². The lowest BCUT2D eigenvalue weighted by Crippen LogP contribution is -2.38. The minimum atomic E-state index is -0.00632. The lowest BCUT2D eigenvalue weighted by atomic mass is 10.0. The van der Waals surface area contributed by atoms with E-state index in [9.17, 15) is 4.79 Å². The molecule has 1 unspecified atom stereocenters. The van der Waals surface area contributed by atoms with Crippen molar-refractivity contribution in [1.82, 2.24) is 4.90 Å². The maximum absolute atomic E-state index is 11.8. The van der Waals surface area contributed by atoms with Crippen LogP contribution in [0.15, 0.2) is 0 Å². The van der Waals surface area contributed by atoms with Gasteiger partial charge in [0.2, 0.25) is 5.91 Å². The van der Waals surface area contributed by atoms with Crippen molar-refractivity contribution in [3.05, 3.63) is 0 Å². The molecule has 2 N–H and O–H groups in total. The minimum Gasteiger partial charge on any atom is -0.343 e. The van der Waals surface area contributed by atoms with Gasteiger partial charge in [-0.1, -0.05) is 27.2 Å². The quantitative estimate of drug-likeness (QED) is 0.704. The van der Waals surface area contributed by atoms with Gasteiger partial charge in [-0.2, -0.15) is 0 Å². The fraction of sp³-hybridized carbons (Fsp3) is 0.917. The molecule has 15 heavy (non-hydrogen) atoms. The van der Waals surface area contributed by atoms with Crippen molar-refractivity contribution in [2.45, 2.75) is 53.0 Å². The first-order valence-corrected chi connectivity index (χ1v) is 6.06. The van der Waals surface area contributed by atoms with Gasteiger partial charge in [0, 0.05) is 25.6 Å². The summed E-state index contributed by atoms with van der Waals surface area (Å²) in [4.78, 5) is 13.7. The molecule has 0 aromatic heterocycles. The van der Waals surface area contributed by atoms with Gasteiger partial charge < -0.3 is 10.6 Å². The van der Waals surface area contributed by atoms with Crippen molar-refractivity contribution in [3.8, 4) is 0 Å². The third-order valence-corrected chi connectivity index (χ3v) is 2.78. The number of carbonyl (C=O) groups excluding carboxylic acids is 1. The third-order valence-electron chi connectivity index (χ3n) is 2.78. The molecule has 0 bridgehead atoms. The molecule has 1 atom stereocenters. The summed E-state index contributed by atoms with van der Waals surface area (Å²) in [5, 5.41) is 0. The van der Waals surface area contributed by atoms with Crippen LogP contribution in [0.1, 0.15) is 47.0 Å². The zero-order chi connectivity index (χ0) is 11.8. The largest absolute Gasteiger partial charge is 0.343 e. The predicted octanol–water partition coefficient (Wildman–Crippen LogP) is 2.01. The van der Waals surface area contributed by atoms with Crippen LogP contribution < -0.4 is 5.73 Å². The molecule has 0 heterocycles. The fourth-order valence-electron chi connectivity index (χ4n) is 1.37. The number of rotatable bonds is 7. The van der Waals surface area contributed by atoms with E-state index in [1.165, 1.54) is 0 Å². The van der Waals surface area contributed by atoms with Crippen molar-refractivity contribution in [2.75, 3.05) is 13.1 Å². The van der Waals surface area contributed by atoms with Gasteiger partial charge in [-0.15, -0.1) is 0 Å². The van der Waals surface area contributed by atoms with Gasteiger partial charge in [0.25, 0.3) is 0 Å². The summed E-state index contributed by atoms with van der Waals surface area (Å²) < 4.78 is 0.